The highest BCUT2D eigenvalue weighted by molar-refractivity contribution is 6.13. The van der Waals surface area contributed by atoms with Crippen molar-refractivity contribution < 1.29 is 0 Å². The molecule has 0 N–H and O–H groups in total. The molecule has 8 fully saturated rings. The van der Waals surface area contributed by atoms with E-state index in [0.717, 1.165) is 23.7 Å². The Balaban J connectivity index is 0.673. The monoisotopic (exact) mass is 1400 g/mol. The van der Waals surface area contributed by atoms with Gasteiger partial charge in [-0.3, -0.25) is 0 Å². The number of rotatable bonds is 10. The lowest BCUT2D eigenvalue weighted by Gasteiger charge is -2.42. The number of hydrogen-bond donors (Lipinski definition) is 0. The SMILES string of the molecule is CC1C[C@H]2CC[C@]1(c1ccc(N(c3ccc(C4C[C@@H]5CC[C@@]4(C)C5(C)C)cc3)c3cc4c(c5ccccc35)-c3cc5c(cc3C4(C)C)-c3cc4c(cc3C5(C)C)-c3c(cc(N(c5ccc(C6C[C@@H]7CC[C@@]6(C)C7(C)C)cc5)c5ccc(C6C[C@@H]7CC[C@@]6(C)C7(C)C)cc5)c5ccccc35)C4(C)C)cc1)C2(C)C. The van der Waals surface area contributed by atoms with Crippen LogP contribution in [-0.2, 0) is 21.7 Å². The van der Waals surface area contributed by atoms with E-state index >= 15 is 0 Å². The molecule has 0 amide bonds. The van der Waals surface area contributed by atoms with Crippen LogP contribution in [0.15, 0.2) is 182 Å². The zero-order valence-electron chi connectivity index (χ0n) is 67.8. The third-order valence-corrected chi connectivity index (χ3v) is 36.9. The summed E-state index contributed by atoms with van der Waals surface area (Å²) in [7, 11) is 0. The molecule has 2 nitrogen and oxygen atoms in total. The van der Waals surface area contributed by atoms with Gasteiger partial charge in [0.2, 0.25) is 0 Å². The lowest BCUT2D eigenvalue weighted by Crippen LogP contribution is -2.39. The van der Waals surface area contributed by atoms with Crippen molar-refractivity contribution in [3.8, 4) is 33.4 Å². The van der Waals surface area contributed by atoms with Crippen molar-refractivity contribution in [2.75, 3.05) is 9.80 Å². The molecule has 107 heavy (non-hydrogen) atoms. The average molecular weight is 1410 g/mol. The van der Waals surface area contributed by atoms with Gasteiger partial charge in [0.25, 0.3) is 0 Å². The fourth-order valence-corrected chi connectivity index (χ4v) is 28.8. The van der Waals surface area contributed by atoms with Gasteiger partial charge in [-0.05, 0) is 347 Å². The summed E-state index contributed by atoms with van der Waals surface area (Å²) in [5.41, 5.74) is 32.3. The standard InChI is InChI=1S/C105H116N2/c1-61-51-66-46-50-105(61,101(66,14)15)65-33-41-73(42-34-65)107(72-39-31-64(32-40-72)84-54-69-45-49-104(84,18)100(69,12)13)92-60-90-94(77-26-22-20-24-75(77)92)81-58-86-79(56-88(81)97(90,6)7)78-55-87-80(57-85(78)95(86,2)3)93-76-25-21-19-23-74(76)91(59-89(93)96(87,4)5)106(70-35-27-62(28-36-70)82-52-67-43-47-102(82,16)98(67,8)9)71-37-29-63(30-38-71)83-53-68-44-48-103(83,17)99(68,10)11/h19-42,55-61,66-69,82-84H,43-54H2,1-18H3/t61?,66-,67+,68+,69+,82?,83?,84?,102-,103-,104-,105+/m1/s1. The molecule has 0 spiro atoms. The number of nitrogens with zero attached hydrogens (tertiary/aromatic N) is 2. The fraction of sp³-hybridized carbons (Fsp3) is 0.467. The maximum atomic E-state index is 2.68. The summed E-state index contributed by atoms with van der Waals surface area (Å²) in [5.74, 6) is 5.63. The Labute approximate surface area is 641 Å². The number of fused-ring (bicyclic) bond motifs is 21. The van der Waals surface area contributed by atoms with Crippen LogP contribution in [0.2, 0.25) is 0 Å². The summed E-state index contributed by atoms with van der Waals surface area (Å²) in [5, 5.41) is 5.29. The minimum atomic E-state index is -0.290. The lowest BCUT2D eigenvalue weighted by molar-refractivity contribution is 0.134. The second kappa shape index (κ2) is 21.5. The first-order valence-electron chi connectivity index (χ1n) is 42.3. The third kappa shape index (κ3) is 8.26. The van der Waals surface area contributed by atoms with Gasteiger partial charge in [-0.1, -0.05) is 222 Å². The van der Waals surface area contributed by atoms with Gasteiger partial charge in [0.05, 0.1) is 11.4 Å². The van der Waals surface area contributed by atoms with E-state index in [9.17, 15) is 0 Å². The largest absolute Gasteiger partial charge is 0.310 e. The molecule has 4 unspecified atom stereocenters. The molecule has 12 atom stereocenters. The second-order valence-corrected chi connectivity index (χ2v) is 42.0. The van der Waals surface area contributed by atoms with Crippen molar-refractivity contribution >= 4 is 55.7 Å². The van der Waals surface area contributed by atoms with Gasteiger partial charge in [0, 0.05) is 55.2 Å². The predicted octanol–water partition coefficient (Wildman–Crippen LogP) is 29.4. The van der Waals surface area contributed by atoms with Crippen LogP contribution in [-0.4, -0.2) is 0 Å². The molecular formula is C105H116N2. The summed E-state index contributed by atoms with van der Waals surface area (Å²) < 4.78 is 0. The lowest BCUT2D eigenvalue weighted by atomic mass is 9.62. The zero-order chi connectivity index (χ0) is 74.0. The summed E-state index contributed by atoms with van der Waals surface area (Å²) in [6.07, 6.45) is 16.0. The molecule has 2 heteroatoms. The van der Waals surface area contributed by atoms with Crippen molar-refractivity contribution in [3.05, 3.63) is 238 Å². The Kier molecular flexibility index (Phi) is 13.5. The number of hydrogen-bond acceptors (Lipinski definition) is 2. The Morgan fingerprint density at radius 3 is 0.897 bits per heavy atom. The van der Waals surface area contributed by atoms with E-state index in [1.54, 1.807) is 5.56 Å². The Bertz CT molecular complexity index is 5370. The first kappa shape index (κ1) is 67.4. The fourth-order valence-electron chi connectivity index (χ4n) is 28.8. The Morgan fingerprint density at radius 1 is 0.290 bits per heavy atom. The average Bonchev–Trinajstić information content (AvgIpc) is 1.53. The number of benzene rings is 10. The van der Waals surface area contributed by atoms with Crippen molar-refractivity contribution in [2.45, 2.75) is 241 Å². The molecule has 10 aromatic carbocycles. The highest BCUT2D eigenvalue weighted by Gasteiger charge is 2.66. The third-order valence-electron chi connectivity index (χ3n) is 36.9. The normalized spacial score (nSPS) is 31.7. The van der Waals surface area contributed by atoms with Crippen LogP contribution in [0.1, 0.15) is 275 Å². The summed E-state index contributed by atoms with van der Waals surface area (Å²) >= 11 is 0. The zero-order valence-corrected chi connectivity index (χ0v) is 67.8. The van der Waals surface area contributed by atoms with Gasteiger partial charge in [-0.2, -0.15) is 0 Å². The van der Waals surface area contributed by atoms with E-state index in [2.05, 4.69) is 316 Å². The molecule has 21 rings (SSSR count). The molecule has 11 aliphatic rings. The van der Waals surface area contributed by atoms with E-state index in [0.29, 0.717) is 56.2 Å². The second-order valence-electron chi connectivity index (χ2n) is 42.0. The Hall–Kier alpha value is -7.68. The summed E-state index contributed by atoms with van der Waals surface area (Å²) in [6, 6.07) is 75.1. The van der Waals surface area contributed by atoms with Gasteiger partial charge in [0.15, 0.2) is 0 Å². The van der Waals surface area contributed by atoms with E-state index in [1.807, 2.05) is 0 Å². The highest BCUT2D eigenvalue weighted by atomic mass is 15.2. The predicted molar refractivity (Wildman–Crippen MR) is 451 cm³/mol. The quantitative estimate of drug-likeness (QED) is 0.135. The number of anilines is 6. The van der Waals surface area contributed by atoms with Gasteiger partial charge >= 0.3 is 0 Å². The van der Waals surface area contributed by atoms with Gasteiger partial charge < -0.3 is 9.80 Å². The maximum absolute atomic E-state index is 2.68. The van der Waals surface area contributed by atoms with Crippen LogP contribution in [0.4, 0.5) is 34.1 Å². The molecule has 11 aliphatic carbocycles. The molecular weight excluding hydrogens is 1290 g/mol. The highest BCUT2D eigenvalue weighted by Crippen LogP contribution is 2.75. The van der Waals surface area contributed by atoms with Crippen molar-refractivity contribution in [2.24, 2.45) is 67.5 Å². The minimum Gasteiger partial charge on any atom is -0.310 e. The van der Waals surface area contributed by atoms with Crippen LogP contribution in [0.3, 0.4) is 0 Å². The van der Waals surface area contributed by atoms with E-state index in [1.165, 1.54) is 216 Å². The van der Waals surface area contributed by atoms with Crippen molar-refractivity contribution in [1.82, 2.24) is 0 Å². The topological polar surface area (TPSA) is 6.48 Å². The van der Waals surface area contributed by atoms with Crippen LogP contribution in [0.5, 0.6) is 0 Å². The van der Waals surface area contributed by atoms with Crippen LogP contribution in [0, 0.1) is 67.5 Å². The minimum absolute atomic E-state index is 0.208. The first-order chi connectivity index (χ1) is 50.8. The molecule has 546 valence electrons. The molecule has 0 radical (unpaired) electrons. The van der Waals surface area contributed by atoms with E-state index in [-0.39, 0.29) is 27.1 Å². The summed E-state index contributed by atoms with van der Waals surface area (Å²) in [6.45, 7) is 46.2. The molecule has 8 bridgehead atoms. The smallest absolute Gasteiger partial charge is 0.0543 e. The molecule has 0 aliphatic heterocycles. The van der Waals surface area contributed by atoms with E-state index in [4.69, 9.17) is 0 Å². The van der Waals surface area contributed by atoms with Gasteiger partial charge in [0.1, 0.15) is 0 Å². The van der Waals surface area contributed by atoms with Crippen molar-refractivity contribution in [1.29, 1.82) is 0 Å². The van der Waals surface area contributed by atoms with Crippen molar-refractivity contribution in [3.63, 3.8) is 0 Å². The maximum Gasteiger partial charge on any atom is 0.0543 e. The van der Waals surface area contributed by atoms with Gasteiger partial charge in [-0.25, -0.2) is 0 Å². The van der Waals surface area contributed by atoms with E-state index < -0.39 is 0 Å². The molecule has 0 heterocycles. The molecule has 0 aromatic heterocycles. The molecule has 10 aromatic rings. The molecule has 8 saturated carbocycles. The summed E-state index contributed by atoms with van der Waals surface area (Å²) in [4.78, 5) is 5.30. The van der Waals surface area contributed by atoms with Crippen LogP contribution >= 0.6 is 0 Å². The molecule has 0 saturated heterocycles. The van der Waals surface area contributed by atoms with Crippen LogP contribution in [0.25, 0.3) is 54.9 Å². The first-order valence-corrected chi connectivity index (χ1v) is 42.3. The Morgan fingerprint density at radius 2 is 0.589 bits per heavy atom. The van der Waals surface area contributed by atoms with Gasteiger partial charge in [-0.15, -0.1) is 0 Å². The van der Waals surface area contributed by atoms with Crippen LogP contribution < -0.4 is 9.80 Å².